The van der Waals surface area contributed by atoms with Crippen LogP contribution in [0.2, 0.25) is 0 Å². The van der Waals surface area contributed by atoms with E-state index in [0.29, 0.717) is 12.5 Å². The number of ether oxygens (including phenoxy) is 1. The highest BCUT2D eigenvalue weighted by atomic mass is 19.1. The first-order valence-corrected chi connectivity index (χ1v) is 6.70. The number of benzene rings is 2. The molecule has 0 bridgehead atoms. The molecule has 110 valence electrons. The van der Waals surface area contributed by atoms with Gasteiger partial charge in [-0.3, -0.25) is 0 Å². The molecule has 3 rings (SSSR count). The fraction of sp³-hybridized carbons (Fsp3) is 0.0588. The Bertz CT molecular complexity index is 781. The fourth-order valence-electron chi connectivity index (χ4n) is 1.93. The molecule has 5 heteroatoms. The van der Waals surface area contributed by atoms with Crippen molar-refractivity contribution >= 4 is 0 Å². The van der Waals surface area contributed by atoms with Crippen molar-refractivity contribution in [3.05, 3.63) is 67.0 Å². The maximum absolute atomic E-state index is 13.7. The van der Waals surface area contributed by atoms with Crippen LogP contribution in [0.1, 0.15) is 0 Å². The average molecular weight is 296 g/mol. The number of halogens is 1. The number of rotatable bonds is 5. The van der Waals surface area contributed by atoms with E-state index < -0.39 is 5.82 Å². The summed E-state index contributed by atoms with van der Waals surface area (Å²) in [6.07, 6.45) is 1.67. The van der Waals surface area contributed by atoms with E-state index in [2.05, 4.69) is 16.8 Å². The van der Waals surface area contributed by atoms with Crippen LogP contribution in [0.3, 0.4) is 0 Å². The second-order valence-electron chi connectivity index (χ2n) is 4.52. The van der Waals surface area contributed by atoms with Crippen molar-refractivity contribution in [2.45, 2.75) is 0 Å². The second kappa shape index (κ2) is 6.22. The van der Waals surface area contributed by atoms with Crippen LogP contribution in [0, 0.1) is 5.82 Å². The third kappa shape index (κ3) is 2.88. The Balaban J connectivity index is 1.84. The standard InChI is InChI=1S/C17H13FN2O2/c1-2-11-21-13-9-7-12(8-10-13)16-19-20-17(22-16)14-5-3-4-6-15(14)18/h2-10H,1,11H2. The van der Waals surface area contributed by atoms with E-state index in [1.165, 1.54) is 6.07 Å². The van der Waals surface area contributed by atoms with Crippen LogP contribution in [0.4, 0.5) is 4.39 Å². The van der Waals surface area contributed by atoms with Gasteiger partial charge in [0.2, 0.25) is 5.89 Å². The zero-order valence-corrected chi connectivity index (χ0v) is 11.7. The van der Waals surface area contributed by atoms with Crippen LogP contribution in [-0.4, -0.2) is 16.8 Å². The molecule has 0 atom stereocenters. The molecule has 0 spiro atoms. The zero-order chi connectivity index (χ0) is 15.4. The average Bonchev–Trinajstić information content (AvgIpc) is 3.03. The SMILES string of the molecule is C=CCOc1ccc(-c2nnc(-c3ccccc3F)o2)cc1. The molecule has 0 aliphatic carbocycles. The molecule has 0 saturated heterocycles. The molecule has 4 nitrogen and oxygen atoms in total. The number of hydrogen-bond donors (Lipinski definition) is 0. The van der Waals surface area contributed by atoms with E-state index in [1.807, 2.05) is 0 Å². The topological polar surface area (TPSA) is 48.2 Å². The summed E-state index contributed by atoms with van der Waals surface area (Å²) in [4.78, 5) is 0. The zero-order valence-electron chi connectivity index (χ0n) is 11.7. The van der Waals surface area contributed by atoms with E-state index >= 15 is 0 Å². The molecule has 1 aromatic heterocycles. The summed E-state index contributed by atoms with van der Waals surface area (Å²) in [6.45, 7) is 4.03. The van der Waals surface area contributed by atoms with Crippen LogP contribution in [-0.2, 0) is 0 Å². The maximum Gasteiger partial charge on any atom is 0.251 e. The van der Waals surface area contributed by atoms with E-state index in [9.17, 15) is 4.39 Å². The Hall–Kier alpha value is -2.95. The Morgan fingerprint density at radius 3 is 2.50 bits per heavy atom. The molecule has 0 aliphatic heterocycles. The monoisotopic (exact) mass is 296 g/mol. The molecule has 0 N–H and O–H groups in total. The molecule has 1 heterocycles. The van der Waals surface area contributed by atoms with Crippen molar-refractivity contribution in [3.8, 4) is 28.7 Å². The van der Waals surface area contributed by atoms with Gasteiger partial charge in [0.1, 0.15) is 18.2 Å². The number of hydrogen-bond acceptors (Lipinski definition) is 4. The quantitative estimate of drug-likeness (QED) is 0.665. The van der Waals surface area contributed by atoms with Gasteiger partial charge in [-0.25, -0.2) is 4.39 Å². The van der Waals surface area contributed by atoms with Crippen LogP contribution in [0.25, 0.3) is 22.9 Å². The maximum atomic E-state index is 13.7. The Morgan fingerprint density at radius 1 is 1.05 bits per heavy atom. The summed E-state index contributed by atoms with van der Waals surface area (Å²) < 4.78 is 24.6. The first-order valence-electron chi connectivity index (χ1n) is 6.70. The van der Waals surface area contributed by atoms with Crippen LogP contribution < -0.4 is 4.74 Å². The van der Waals surface area contributed by atoms with Gasteiger partial charge in [-0.2, -0.15) is 0 Å². The minimum Gasteiger partial charge on any atom is -0.490 e. The second-order valence-corrected chi connectivity index (χ2v) is 4.52. The highest BCUT2D eigenvalue weighted by Gasteiger charge is 2.13. The van der Waals surface area contributed by atoms with Gasteiger partial charge in [0.05, 0.1) is 5.56 Å². The van der Waals surface area contributed by atoms with Crippen LogP contribution >= 0.6 is 0 Å². The predicted octanol–water partition coefficient (Wildman–Crippen LogP) is 4.11. The molecule has 0 unspecified atom stereocenters. The molecule has 0 aliphatic rings. The van der Waals surface area contributed by atoms with Crippen molar-refractivity contribution in [3.63, 3.8) is 0 Å². The van der Waals surface area contributed by atoms with Gasteiger partial charge in [0.15, 0.2) is 0 Å². The van der Waals surface area contributed by atoms with Gasteiger partial charge >= 0.3 is 0 Å². The van der Waals surface area contributed by atoms with Gasteiger partial charge in [-0.1, -0.05) is 24.8 Å². The summed E-state index contributed by atoms with van der Waals surface area (Å²) in [5, 5.41) is 7.85. The lowest BCUT2D eigenvalue weighted by Crippen LogP contribution is -1.92. The smallest absolute Gasteiger partial charge is 0.251 e. The van der Waals surface area contributed by atoms with Gasteiger partial charge in [0.25, 0.3) is 5.89 Å². The van der Waals surface area contributed by atoms with Crippen molar-refractivity contribution < 1.29 is 13.5 Å². The number of nitrogens with zero attached hydrogens (tertiary/aromatic N) is 2. The van der Waals surface area contributed by atoms with Crippen LogP contribution in [0.5, 0.6) is 5.75 Å². The van der Waals surface area contributed by atoms with E-state index in [0.717, 1.165) is 11.3 Å². The third-order valence-corrected chi connectivity index (χ3v) is 3.00. The summed E-state index contributed by atoms with van der Waals surface area (Å²) in [5.41, 5.74) is 1.02. The van der Waals surface area contributed by atoms with Gasteiger partial charge in [-0.15, -0.1) is 10.2 Å². The predicted molar refractivity (Wildman–Crippen MR) is 80.8 cm³/mol. The first-order chi connectivity index (χ1) is 10.8. The molecular formula is C17H13FN2O2. The summed E-state index contributed by atoms with van der Waals surface area (Å²) >= 11 is 0. The summed E-state index contributed by atoms with van der Waals surface area (Å²) in [6, 6.07) is 13.5. The Kier molecular flexibility index (Phi) is 3.96. The molecule has 2 aromatic carbocycles. The lowest BCUT2D eigenvalue weighted by Gasteiger charge is -2.02. The molecular weight excluding hydrogens is 283 g/mol. The fourth-order valence-corrected chi connectivity index (χ4v) is 1.93. The minimum absolute atomic E-state index is 0.153. The van der Waals surface area contributed by atoms with Crippen molar-refractivity contribution in [2.75, 3.05) is 6.61 Å². The van der Waals surface area contributed by atoms with Crippen molar-refractivity contribution in [1.82, 2.24) is 10.2 Å². The lowest BCUT2D eigenvalue weighted by atomic mass is 10.2. The first kappa shape index (κ1) is 14.0. The molecule has 3 aromatic rings. The summed E-state index contributed by atoms with van der Waals surface area (Å²) in [7, 11) is 0. The minimum atomic E-state index is -0.397. The molecule has 22 heavy (non-hydrogen) atoms. The molecule has 0 amide bonds. The Labute approximate surface area is 126 Å². The van der Waals surface area contributed by atoms with E-state index in [1.54, 1.807) is 48.5 Å². The van der Waals surface area contributed by atoms with Crippen molar-refractivity contribution in [2.24, 2.45) is 0 Å². The normalized spacial score (nSPS) is 10.4. The lowest BCUT2D eigenvalue weighted by molar-refractivity contribution is 0.363. The van der Waals surface area contributed by atoms with Gasteiger partial charge in [-0.05, 0) is 36.4 Å². The summed E-state index contributed by atoms with van der Waals surface area (Å²) in [5.74, 6) is 0.803. The van der Waals surface area contributed by atoms with Crippen molar-refractivity contribution in [1.29, 1.82) is 0 Å². The van der Waals surface area contributed by atoms with E-state index in [4.69, 9.17) is 9.15 Å². The van der Waals surface area contributed by atoms with Gasteiger partial charge in [0, 0.05) is 5.56 Å². The van der Waals surface area contributed by atoms with Crippen LogP contribution in [0.15, 0.2) is 65.6 Å². The highest BCUT2D eigenvalue weighted by molar-refractivity contribution is 5.58. The highest BCUT2D eigenvalue weighted by Crippen LogP contribution is 2.26. The third-order valence-electron chi connectivity index (χ3n) is 3.00. The molecule has 0 fully saturated rings. The molecule has 0 radical (unpaired) electrons. The molecule has 0 saturated carbocycles. The van der Waals surface area contributed by atoms with E-state index in [-0.39, 0.29) is 11.5 Å². The number of aromatic nitrogens is 2. The largest absolute Gasteiger partial charge is 0.490 e. The Morgan fingerprint density at radius 2 is 1.77 bits per heavy atom. The van der Waals surface area contributed by atoms with Gasteiger partial charge < -0.3 is 9.15 Å².